The first-order valence-corrected chi connectivity index (χ1v) is 27.6. The Balaban J connectivity index is 1.06. The van der Waals surface area contributed by atoms with Gasteiger partial charge in [0.15, 0.2) is 23.0 Å². The van der Waals surface area contributed by atoms with Crippen molar-refractivity contribution in [2.75, 3.05) is 13.3 Å². The van der Waals surface area contributed by atoms with Crippen LogP contribution < -0.4 is 15.2 Å². The molecule has 1 heterocycles. The number of ketones is 1. The summed E-state index contributed by atoms with van der Waals surface area (Å²) in [7, 11) is 0. The number of nitrogens with two attached hydrogens (primary N) is 1. The summed E-state index contributed by atoms with van der Waals surface area (Å²) in [6.07, 6.45) is 10.1. The molecule has 1 spiro atoms. The van der Waals surface area contributed by atoms with Gasteiger partial charge in [0.1, 0.15) is 36.4 Å². The van der Waals surface area contributed by atoms with Gasteiger partial charge in [-0.1, -0.05) is 61.4 Å². The minimum absolute atomic E-state index is 0.000929. The van der Waals surface area contributed by atoms with E-state index in [1.54, 1.807) is 48.5 Å². The third-order valence-electron chi connectivity index (χ3n) is 19.8. The number of aromatic hydroxyl groups is 6. The Hall–Kier alpha value is -6.67. The van der Waals surface area contributed by atoms with E-state index in [4.69, 9.17) is 15.2 Å². The van der Waals surface area contributed by atoms with E-state index in [0.29, 0.717) is 49.7 Å². The molecule has 76 heavy (non-hydrogen) atoms. The Labute approximate surface area is 443 Å². The zero-order valence-electron chi connectivity index (χ0n) is 42.8. The number of carbonyl (C=O) groups excluding carboxylic acids is 1. The van der Waals surface area contributed by atoms with Crippen LogP contribution in [0.15, 0.2) is 103 Å². The maximum atomic E-state index is 15.2. The third-order valence-corrected chi connectivity index (χ3v) is 19.8. The second kappa shape index (κ2) is 19.7. The number of aryl methyl sites for hydroxylation is 1. The van der Waals surface area contributed by atoms with Crippen LogP contribution in [0, 0.1) is 40.9 Å². The number of Topliss-reactive ketones (excluding diaryl/α,β-unsaturated/α-hetero) is 1. The lowest BCUT2D eigenvalue weighted by Gasteiger charge is -2.56. The summed E-state index contributed by atoms with van der Waals surface area (Å²) in [6.45, 7) is -0.0343. The summed E-state index contributed by atoms with van der Waals surface area (Å²) in [5.74, 6) is -2.88. The van der Waals surface area contributed by atoms with Crippen molar-refractivity contribution in [3.8, 4) is 57.3 Å². The fraction of sp³-hybridized carbons (Fsp3) is 0.444. The maximum absolute atomic E-state index is 15.2. The molecule has 13 heteroatoms. The molecule has 7 aliphatic carbocycles. The van der Waals surface area contributed by atoms with Crippen molar-refractivity contribution < 1.29 is 55.1 Å². The summed E-state index contributed by atoms with van der Waals surface area (Å²) in [4.78, 5) is 18.9. The van der Waals surface area contributed by atoms with Gasteiger partial charge in [-0.15, -0.1) is 0 Å². The van der Waals surface area contributed by atoms with Crippen LogP contribution in [-0.4, -0.2) is 71.1 Å². The van der Waals surface area contributed by atoms with E-state index in [9.17, 15) is 40.9 Å². The molecule has 2 bridgehead atoms. The number of carbonyl (C=O) groups is 1. The third kappa shape index (κ3) is 8.09. The van der Waals surface area contributed by atoms with E-state index in [1.807, 2.05) is 6.07 Å². The van der Waals surface area contributed by atoms with Gasteiger partial charge < -0.3 is 55.3 Å². The molecule has 1 aromatic heterocycles. The number of rotatable bonds is 15. The van der Waals surface area contributed by atoms with Crippen LogP contribution in [0.1, 0.15) is 127 Å². The van der Waals surface area contributed by atoms with Gasteiger partial charge in [0.05, 0.1) is 6.10 Å². The van der Waals surface area contributed by atoms with Crippen LogP contribution in [0.3, 0.4) is 0 Å². The number of phenols is 6. The first kappa shape index (κ1) is 50.2. The summed E-state index contributed by atoms with van der Waals surface area (Å²) in [5, 5.41) is 91.2. The quantitative estimate of drug-likeness (QED) is 0.0341. The van der Waals surface area contributed by atoms with Crippen molar-refractivity contribution in [1.82, 2.24) is 4.98 Å². The van der Waals surface area contributed by atoms with Crippen LogP contribution >= 0.6 is 0 Å². The first-order valence-electron chi connectivity index (χ1n) is 27.6. The molecule has 398 valence electrons. The molecule has 11 N–H and O–H groups in total. The van der Waals surface area contributed by atoms with E-state index < -0.39 is 29.3 Å². The van der Waals surface area contributed by atoms with E-state index in [1.165, 1.54) is 23.3 Å². The largest absolute Gasteiger partial charge is 0.508 e. The molecule has 0 saturated heterocycles. The average molecular weight is 1030 g/mol. The molecule has 7 aliphatic rings. The van der Waals surface area contributed by atoms with Crippen molar-refractivity contribution >= 4 is 5.78 Å². The highest BCUT2D eigenvalue weighted by atomic mass is 16.5. The minimum Gasteiger partial charge on any atom is -0.508 e. The monoisotopic (exact) mass is 1030 g/mol. The molecular formula is C63H70N2O11. The molecular weight excluding hydrogens is 961 g/mol. The van der Waals surface area contributed by atoms with Gasteiger partial charge >= 0.3 is 0 Å². The number of aromatic amines is 1. The molecule has 13 rings (SSSR count). The van der Waals surface area contributed by atoms with Crippen LogP contribution in [0.2, 0.25) is 0 Å². The Morgan fingerprint density at radius 3 is 2.39 bits per heavy atom. The van der Waals surface area contributed by atoms with Crippen LogP contribution in [0.25, 0.3) is 11.3 Å². The summed E-state index contributed by atoms with van der Waals surface area (Å²) >= 11 is 0. The van der Waals surface area contributed by atoms with Crippen LogP contribution in [0.4, 0.5) is 0 Å². The Kier molecular flexibility index (Phi) is 13.0. The molecule has 0 amide bonds. The Bertz CT molecular complexity index is 3160. The highest BCUT2D eigenvalue weighted by molar-refractivity contribution is 5.82. The highest BCUT2D eigenvalue weighted by Crippen LogP contribution is 2.78. The topological polar surface area (TPSA) is 239 Å². The molecule has 0 aliphatic heterocycles. The number of aliphatic hydroxyl groups is 2. The zero-order valence-corrected chi connectivity index (χ0v) is 42.8. The number of aliphatic hydroxyl groups excluding tert-OH is 2. The van der Waals surface area contributed by atoms with Crippen molar-refractivity contribution in [3.63, 3.8) is 0 Å². The average Bonchev–Trinajstić information content (AvgIpc) is 3.70. The fourth-order valence-corrected chi connectivity index (χ4v) is 17.2. The lowest BCUT2D eigenvalue weighted by Crippen LogP contribution is -2.53. The molecule has 5 aromatic carbocycles. The molecule has 11 atom stereocenters. The van der Waals surface area contributed by atoms with Crippen molar-refractivity contribution in [3.05, 3.63) is 142 Å². The van der Waals surface area contributed by atoms with Gasteiger partial charge in [0.25, 0.3) is 0 Å². The van der Waals surface area contributed by atoms with Crippen molar-refractivity contribution in [1.29, 1.82) is 0 Å². The number of fused-ring (bicyclic) bond motifs is 9. The minimum atomic E-state index is -1.13. The normalized spacial score (nSPS) is 28.5. The number of ether oxygens (including phenoxy) is 2. The predicted molar refractivity (Wildman–Crippen MR) is 286 cm³/mol. The first-order chi connectivity index (χ1) is 36.8. The molecule has 4 saturated carbocycles. The number of hydrogen-bond donors (Lipinski definition) is 10. The molecule has 0 radical (unpaired) electrons. The fourth-order valence-electron chi connectivity index (χ4n) is 17.2. The van der Waals surface area contributed by atoms with Gasteiger partial charge in [-0.3, -0.25) is 10.5 Å². The van der Waals surface area contributed by atoms with Gasteiger partial charge in [-0.25, -0.2) is 0 Å². The van der Waals surface area contributed by atoms with Gasteiger partial charge in [-0.05, 0) is 187 Å². The number of aromatic nitrogens is 1. The van der Waals surface area contributed by atoms with Gasteiger partial charge in [0.2, 0.25) is 5.75 Å². The predicted octanol–water partition coefficient (Wildman–Crippen LogP) is 10.4. The molecule has 4 fully saturated rings. The number of phenolic OH excluding ortho intramolecular Hbond substituents is 6. The van der Waals surface area contributed by atoms with Crippen LogP contribution in [0.5, 0.6) is 46.0 Å². The second-order valence-electron chi connectivity index (χ2n) is 23.3. The van der Waals surface area contributed by atoms with Crippen LogP contribution in [-0.2, 0) is 29.7 Å². The number of H-pyrrole nitrogens is 1. The Morgan fingerprint density at radius 2 is 1.61 bits per heavy atom. The summed E-state index contributed by atoms with van der Waals surface area (Å²) in [5.41, 5.74) is 13.6. The van der Waals surface area contributed by atoms with Crippen molar-refractivity contribution in [2.24, 2.45) is 46.7 Å². The van der Waals surface area contributed by atoms with E-state index in [-0.39, 0.29) is 119 Å². The van der Waals surface area contributed by atoms with E-state index in [0.717, 1.165) is 66.5 Å². The molecule has 6 aromatic rings. The SMILES string of the molecule is NCOc1cc(CCC(=O)[C@@H]2C[C@@H](Cc3ccc(O)cc3O)[C@H]3C[C@H]4C[C@H]([C@]56C[C@@H](CCCO)C7(CCCC7)[C@H]5c5cc[nH]c5-c5ccccc56)[C@H](c5cc(O)c(O)c(OCc6cccc(O)c6)c54)[C@@H]3[C@H]2O)ccc1O. The van der Waals surface area contributed by atoms with E-state index >= 15 is 4.79 Å². The second-order valence-corrected chi connectivity index (χ2v) is 23.3. The standard InChI is InChI=1S/C63H70N2O11/c64-33-76-53-24-34(13-17-50(53)70)12-16-49(69)45-26-37(25-36-14-15-41(68)29-51(36)71)44-27-38-28-48(55(56(44)58(45)73)46-30-52(72)59(74)60(54(38)46)75-32-35-7-5-9-40(67)23-35)63-31-39(8-6-22-66)62(19-3-4-20-62)61(63)43-18-21-65-57(43)42-10-1-2-11-47(42)63/h1-2,5,7,9-11,13-15,17-18,21,23-24,29-30,37-39,44-45,48,55-56,58,61,65-68,70-74H,3-4,6,8,12,16,19-20,22,25-28,31-33,64H2/t37-,38+,39-,44-,45+,48+,55+,56-,58+,61-,63-/m1/s1. The highest BCUT2D eigenvalue weighted by Gasteiger charge is 2.71. The lowest BCUT2D eigenvalue weighted by atomic mass is 9.47. The van der Waals surface area contributed by atoms with E-state index in [2.05, 4.69) is 41.5 Å². The van der Waals surface area contributed by atoms with Gasteiger partial charge in [-0.2, -0.15) is 0 Å². The molecule has 13 nitrogen and oxygen atoms in total. The number of hydrogen-bond acceptors (Lipinski definition) is 12. The molecule has 0 unspecified atom stereocenters. The summed E-state index contributed by atoms with van der Waals surface area (Å²) in [6, 6.07) is 29.2. The Morgan fingerprint density at radius 1 is 0.789 bits per heavy atom. The number of benzene rings is 5. The maximum Gasteiger partial charge on any atom is 0.200 e. The zero-order chi connectivity index (χ0) is 52.6. The van der Waals surface area contributed by atoms with Crippen molar-refractivity contribution in [2.45, 2.75) is 119 Å². The van der Waals surface area contributed by atoms with Gasteiger partial charge in [0, 0.05) is 59.4 Å². The lowest BCUT2D eigenvalue weighted by molar-refractivity contribution is -0.136. The summed E-state index contributed by atoms with van der Waals surface area (Å²) < 4.78 is 12.2. The number of nitrogens with one attached hydrogen (secondary N) is 1. The smallest absolute Gasteiger partial charge is 0.200 e.